The van der Waals surface area contributed by atoms with Gasteiger partial charge in [0.1, 0.15) is 23.0 Å². The first kappa shape index (κ1) is 20.7. The fraction of sp³-hybridized carbons (Fsp3) is 0.200. The number of ether oxygens (including phenoxy) is 1. The van der Waals surface area contributed by atoms with Gasteiger partial charge in [-0.25, -0.2) is 4.79 Å². The molecule has 4 aromatic rings. The van der Waals surface area contributed by atoms with Crippen LogP contribution in [0.25, 0.3) is 28.0 Å². The fourth-order valence-electron chi connectivity index (χ4n) is 4.37. The van der Waals surface area contributed by atoms with Crippen LogP contribution in [0.3, 0.4) is 0 Å². The number of nitro benzene ring substituents is 1. The number of para-hydroxylation sites is 1. The second-order valence-corrected chi connectivity index (χ2v) is 7.93. The Kier molecular flexibility index (Phi) is 4.85. The molecule has 0 aliphatic carbocycles. The maximum atomic E-state index is 12.9. The first-order valence-electron chi connectivity index (χ1n) is 10.5. The highest BCUT2D eigenvalue weighted by atomic mass is 16.6. The van der Waals surface area contributed by atoms with Gasteiger partial charge in [0, 0.05) is 18.2 Å². The van der Waals surface area contributed by atoms with E-state index in [4.69, 9.17) is 13.6 Å². The van der Waals surface area contributed by atoms with E-state index in [0.29, 0.717) is 40.0 Å². The lowest BCUT2D eigenvalue weighted by Crippen LogP contribution is -2.14. The largest absolute Gasteiger partial charge is 0.480 e. The van der Waals surface area contributed by atoms with Crippen molar-refractivity contribution >= 4 is 33.7 Å². The summed E-state index contributed by atoms with van der Waals surface area (Å²) in [6, 6.07) is 9.11. The Hall–Kier alpha value is -4.20. The second-order valence-electron chi connectivity index (χ2n) is 7.93. The van der Waals surface area contributed by atoms with Crippen LogP contribution < -0.4 is 15.8 Å². The predicted octanol–water partition coefficient (Wildman–Crippen LogP) is 5.22. The summed E-state index contributed by atoms with van der Waals surface area (Å²) in [6.07, 6.45) is 3.98. The number of nitrogens with zero attached hydrogens (tertiary/aromatic N) is 1. The monoisotopic (exact) mass is 445 g/mol. The van der Waals surface area contributed by atoms with E-state index in [1.807, 2.05) is 6.92 Å². The molecule has 0 amide bonds. The molecule has 33 heavy (non-hydrogen) atoms. The third-order valence-corrected chi connectivity index (χ3v) is 5.70. The average Bonchev–Trinajstić information content (AvgIpc) is 2.78. The Labute approximate surface area is 186 Å². The van der Waals surface area contributed by atoms with E-state index < -0.39 is 16.7 Å². The summed E-state index contributed by atoms with van der Waals surface area (Å²) in [6.45, 7) is 3.63. The molecule has 0 bridgehead atoms. The van der Waals surface area contributed by atoms with Crippen LogP contribution in [0, 0.1) is 17.0 Å². The highest BCUT2D eigenvalue weighted by Crippen LogP contribution is 2.45. The fourth-order valence-corrected chi connectivity index (χ4v) is 4.37. The van der Waals surface area contributed by atoms with Crippen molar-refractivity contribution in [3.05, 3.63) is 95.7 Å². The van der Waals surface area contributed by atoms with Gasteiger partial charge in [0.05, 0.1) is 21.4 Å². The number of aryl methyl sites for hydroxylation is 2. The van der Waals surface area contributed by atoms with Crippen LogP contribution in [0.15, 0.2) is 60.9 Å². The molecule has 0 saturated heterocycles. The number of fused-ring (bicyclic) bond motifs is 6. The van der Waals surface area contributed by atoms with Gasteiger partial charge in [0.25, 0.3) is 5.69 Å². The van der Waals surface area contributed by atoms with Crippen molar-refractivity contribution < 1.29 is 18.5 Å². The topological polar surface area (TPSA) is 113 Å². The molecule has 1 aliphatic rings. The van der Waals surface area contributed by atoms with Gasteiger partial charge < -0.3 is 13.6 Å². The Balaban J connectivity index is 1.88. The first-order valence-corrected chi connectivity index (χ1v) is 10.5. The molecule has 1 unspecified atom stereocenters. The van der Waals surface area contributed by atoms with E-state index in [9.17, 15) is 19.7 Å². The van der Waals surface area contributed by atoms with Crippen LogP contribution in [0.1, 0.15) is 41.9 Å². The zero-order valence-corrected chi connectivity index (χ0v) is 17.9. The summed E-state index contributed by atoms with van der Waals surface area (Å²) < 4.78 is 17.7. The lowest BCUT2D eigenvalue weighted by atomic mass is 9.95. The molecule has 2 aromatic carbocycles. The van der Waals surface area contributed by atoms with Gasteiger partial charge in [-0.3, -0.25) is 14.9 Å². The minimum Gasteiger partial charge on any atom is -0.480 e. The molecule has 8 heteroatoms. The molecule has 0 N–H and O–H groups in total. The Bertz CT molecular complexity index is 1590. The van der Waals surface area contributed by atoms with Gasteiger partial charge in [0.2, 0.25) is 0 Å². The summed E-state index contributed by atoms with van der Waals surface area (Å²) in [7, 11) is 0. The van der Waals surface area contributed by atoms with Gasteiger partial charge >= 0.3 is 5.63 Å². The summed E-state index contributed by atoms with van der Waals surface area (Å²) in [4.78, 5) is 36.4. The molecule has 0 fully saturated rings. The van der Waals surface area contributed by atoms with Gasteiger partial charge in [-0.1, -0.05) is 25.5 Å². The zero-order chi connectivity index (χ0) is 23.3. The third-order valence-electron chi connectivity index (χ3n) is 5.70. The highest BCUT2D eigenvalue weighted by Gasteiger charge is 2.30. The molecule has 0 radical (unpaired) electrons. The van der Waals surface area contributed by atoms with Crippen LogP contribution in [-0.2, 0) is 6.42 Å². The molecular formula is C25H19NO7. The number of hydrogen-bond donors (Lipinski definition) is 0. The SMILES string of the molecule is CCCc1cc(=O)oc2c1c1c(c3oc(C)cc(=O)c32)C=CC(c2ccccc2[N+](=O)[O-])O1. The summed E-state index contributed by atoms with van der Waals surface area (Å²) in [5.41, 5.74) is 0.974. The Morgan fingerprint density at radius 2 is 1.85 bits per heavy atom. The molecule has 8 nitrogen and oxygen atoms in total. The molecule has 0 saturated carbocycles. The number of benzene rings is 2. The van der Waals surface area contributed by atoms with Crippen LogP contribution in [-0.4, -0.2) is 4.92 Å². The van der Waals surface area contributed by atoms with Crippen molar-refractivity contribution in [1.29, 1.82) is 0 Å². The van der Waals surface area contributed by atoms with Crippen molar-refractivity contribution in [2.24, 2.45) is 0 Å². The van der Waals surface area contributed by atoms with E-state index in [0.717, 1.165) is 6.42 Å². The van der Waals surface area contributed by atoms with Crippen LogP contribution in [0.5, 0.6) is 5.75 Å². The summed E-state index contributed by atoms with van der Waals surface area (Å²) >= 11 is 0. The standard InChI is InChI=1S/C25H19NO7/c1-3-6-14-12-20(28)33-25-21(14)23-16(24-22(25)18(27)11-13(2)31-24)9-10-19(32-23)15-7-4-5-8-17(15)26(29)30/h4-5,7-12,19H,3,6H2,1-2H3. The quantitative estimate of drug-likeness (QED) is 0.183. The molecule has 2 aromatic heterocycles. The number of nitro groups is 1. The van der Waals surface area contributed by atoms with Gasteiger partial charge in [-0.15, -0.1) is 0 Å². The molecule has 1 atom stereocenters. The van der Waals surface area contributed by atoms with E-state index in [2.05, 4.69) is 0 Å². The predicted molar refractivity (Wildman–Crippen MR) is 123 cm³/mol. The minimum absolute atomic E-state index is 0.0663. The molecule has 3 heterocycles. The highest BCUT2D eigenvalue weighted by molar-refractivity contribution is 6.10. The van der Waals surface area contributed by atoms with Gasteiger partial charge in [-0.05, 0) is 37.1 Å². The van der Waals surface area contributed by atoms with Gasteiger partial charge in [0.15, 0.2) is 16.6 Å². The Morgan fingerprint density at radius 3 is 2.61 bits per heavy atom. The Morgan fingerprint density at radius 1 is 1.06 bits per heavy atom. The molecular weight excluding hydrogens is 426 g/mol. The second kappa shape index (κ2) is 7.74. The molecule has 0 spiro atoms. The normalized spacial score (nSPS) is 14.9. The minimum atomic E-state index is -0.752. The van der Waals surface area contributed by atoms with E-state index in [1.54, 1.807) is 37.3 Å². The molecule has 5 rings (SSSR count). The maximum absolute atomic E-state index is 12.9. The van der Waals surface area contributed by atoms with Crippen molar-refractivity contribution in [3.8, 4) is 5.75 Å². The average molecular weight is 445 g/mol. The number of hydrogen-bond acceptors (Lipinski definition) is 7. The summed E-state index contributed by atoms with van der Waals surface area (Å²) in [5.74, 6) is 0.763. The molecule has 1 aliphatic heterocycles. The third kappa shape index (κ3) is 3.31. The van der Waals surface area contributed by atoms with E-state index in [1.165, 1.54) is 18.2 Å². The van der Waals surface area contributed by atoms with E-state index >= 15 is 0 Å². The van der Waals surface area contributed by atoms with Crippen LogP contribution >= 0.6 is 0 Å². The smallest absolute Gasteiger partial charge is 0.336 e. The van der Waals surface area contributed by atoms with Crippen LogP contribution in [0.4, 0.5) is 5.69 Å². The first-order chi connectivity index (χ1) is 15.9. The van der Waals surface area contributed by atoms with Crippen molar-refractivity contribution in [1.82, 2.24) is 0 Å². The maximum Gasteiger partial charge on any atom is 0.336 e. The van der Waals surface area contributed by atoms with Crippen molar-refractivity contribution in [3.63, 3.8) is 0 Å². The zero-order valence-electron chi connectivity index (χ0n) is 17.9. The lowest BCUT2D eigenvalue weighted by molar-refractivity contribution is -0.386. The van der Waals surface area contributed by atoms with Crippen LogP contribution in [0.2, 0.25) is 0 Å². The van der Waals surface area contributed by atoms with Crippen molar-refractivity contribution in [2.45, 2.75) is 32.8 Å². The summed E-state index contributed by atoms with van der Waals surface area (Å²) in [5, 5.41) is 12.2. The molecule has 166 valence electrons. The lowest BCUT2D eigenvalue weighted by Gasteiger charge is -2.24. The van der Waals surface area contributed by atoms with Gasteiger partial charge in [-0.2, -0.15) is 0 Å². The van der Waals surface area contributed by atoms with E-state index in [-0.39, 0.29) is 27.7 Å². The van der Waals surface area contributed by atoms with Crippen molar-refractivity contribution in [2.75, 3.05) is 0 Å². The number of rotatable bonds is 4.